The summed E-state index contributed by atoms with van der Waals surface area (Å²) in [5.74, 6) is -0.121. The summed E-state index contributed by atoms with van der Waals surface area (Å²) in [5.41, 5.74) is -2.26. The molecule has 12 heteroatoms. The molecular weight excluding hydrogens is 506 g/mol. The summed E-state index contributed by atoms with van der Waals surface area (Å²) in [5, 5.41) is 12.6. The minimum Gasteiger partial charge on any atom is -0.339 e. The highest BCUT2D eigenvalue weighted by atomic mass is 79.9. The fourth-order valence-electron chi connectivity index (χ4n) is 3.28. The van der Waals surface area contributed by atoms with Gasteiger partial charge < -0.3 is 9.09 Å². The molecule has 32 heavy (non-hydrogen) atoms. The molecule has 0 aliphatic heterocycles. The van der Waals surface area contributed by atoms with Gasteiger partial charge in [-0.05, 0) is 46.3 Å². The Morgan fingerprint density at radius 1 is 1.06 bits per heavy atom. The molecule has 0 saturated heterocycles. The van der Waals surface area contributed by atoms with E-state index in [4.69, 9.17) is 9.78 Å². The molecule has 0 N–H and O–H groups in total. The zero-order valence-electron chi connectivity index (χ0n) is 15.6. The number of nitrogens with zero attached hydrogens (tertiary/aromatic N) is 4. The van der Waals surface area contributed by atoms with Gasteiger partial charge in [-0.3, -0.25) is 0 Å². The Morgan fingerprint density at radius 3 is 2.47 bits per heavy atom. The second kappa shape index (κ2) is 7.67. The minimum atomic E-state index is -4.76. The van der Waals surface area contributed by atoms with Gasteiger partial charge in [-0.2, -0.15) is 36.6 Å². The van der Waals surface area contributed by atoms with Gasteiger partial charge in [0.2, 0.25) is 0 Å². The molecule has 2 heterocycles. The van der Waals surface area contributed by atoms with Crippen molar-refractivity contribution in [2.75, 3.05) is 0 Å². The molecule has 0 aliphatic rings. The molecular formula is C20H9BrF6N4O. The highest BCUT2D eigenvalue weighted by molar-refractivity contribution is 9.10. The van der Waals surface area contributed by atoms with Crippen molar-refractivity contribution in [1.29, 1.82) is 5.26 Å². The number of hydrogen-bond acceptors (Lipinski definition) is 4. The molecule has 2 aromatic carbocycles. The lowest BCUT2D eigenvalue weighted by atomic mass is 10.0. The third kappa shape index (κ3) is 3.95. The Labute approximate surface area is 184 Å². The Bertz CT molecular complexity index is 1360. The van der Waals surface area contributed by atoms with Crippen molar-refractivity contribution in [3.8, 4) is 17.5 Å². The Kier molecular flexibility index (Phi) is 5.24. The molecule has 164 valence electrons. The molecule has 0 aliphatic carbocycles. The largest absolute Gasteiger partial charge is 0.418 e. The van der Waals surface area contributed by atoms with E-state index < -0.39 is 29.0 Å². The first-order chi connectivity index (χ1) is 15.0. The summed E-state index contributed by atoms with van der Waals surface area (Å²) in [6.45, 7) is -0.117. The van der Waals surface area contributed by atoms with E-state index >= 15 is 0 Å². The van der Waals surface area contributed by atoms with E-state index in [-0.39, 0.29) is 39.2 Å². The number of fused-ring (bicyclic) bond motifs is 1. The van der Waals surface area contributed by atoms with Crippen LogP contribution >= 0.6 is 15.9 Å². The van der Waals surface area contributed by atoms with Gasteiger partial charge in [-0.15, -0.1) is 0 Å². The fraction of sp³-hybridized carbons (Fsp3) is 0.150. The van der Waals surface area contributed by atoms with Gasteiger partial charge in [-0.25, -0.2) is 0 Å². The summed E-state index contributed by atoms with van der Waals surface area (Å²) in [6, 6.07) is 8.30. The third-order valence-corrected chi connectivity index (χ3v) is 5.22. The number of aromatic nitrogens is 3. The molecule has 0 radical (unpaired) electrons. The number of rotatable bonds is 3. The average Bonchev–Trinajstić information content (AvgIpc) is 3.31. The van der Waals surface area contributed by atoms with E-state index in [9.17, 15) is 26.3 Å². The van der Waals surface area contributed by atoms with Gasteiger partial charge in [0.1, 0.15) is 0 Å². The van der Waals surface area contributed by atoms with Crippen LogP contribution in [0.4, 0.5) is 26.3 Å². The van der Waals surface area contributed by atoms with Gasteiger partial charge in [0.05, 0.1) is 34.8 Å². The third-order valence-electron chi connectivity index (χ3n) is 4.62. The monoisotopic (exact) mass is 514 g/mol. The van der Waals surface area contributed by atoms with Crippen LogP contribution in [0.15, 0.2) is 51.6 Å². The Balaban J connectivity index is 1.72. The molecule has 2 aromatic heterocycles. The molecule has 0 amide bonds. The van der Waals surface area contributed by atoms with E-state index in [1.165, 1.54) is 29.0 Å². The van der Waals surface area contributed by atoms with E-state index in [1.54, 1.807) is 6.07 Å². The zero-order valence-corrected chi connectivity index (χ0v) is 17.2. The Hall–Kier alpha value is -3.33. The summed E-state index contributed by atoms with van der Waals surface area (Å²) >= 11 is 3.11. The molecule has 5 nitrogen and oxygen atoms in total. The number of alkyl halides is 6. The minimum absolute atomic E-state index is 0.0414. The summed E-state index contributed by atoms with van der Waals surface area (Å²) in [6.07, 6.45) is -7.93. The number of nitriles is 1. The topological polar surface area (TPSA) is 67.6 Å². The second-order valence-corrected chi connectivity index (χ2v) is 7.55. The van der Waals surface area contributed by atoms with Crippen LogP contribution in [0.3, 0.4) is 0 Å². The first-order valence-corrected chi connectivity index (χ1v) is 9.57. The van der Waals surface area contributed by atoms with E-state index in [1.807, 2.05) is 0 Å². The van der Waals surface area contributed by atoms with Crippen LogP contribution in [0.25, 0.3) is 22.4 Å². The standard InChI is InChI=1S/C20H9BrF6N4O/c21-13-8-31(14-5-4-11(7-28)17(16(13)14)20(25,26)27)9-15-29-18(32-30-15)10-2-1-3-12(6-10)19(22,23)24/h1-6,8H,9H2. The van der Waals surface area contributed by atoms with Gasteiger partial charge in [0.25, 0.3) is 5.89 Å². The van der Waals surface area contributed by atoms with Gasteiger partial charge in [0, 0.05) is 21.6 Å². The van der Waals surface area contributed by atoms with Gasteiger partial charge >= 0.3 is 12.4 Å². The Morgan fingerprint density at radius 2 is 1.81 bits per heavy atom. The lowest BCUT2D eigenvalue weighted by molar-refractivity contribution is -0.138. The molecule has 4 aromatic rings. The molecule has 0 spiro atoms. The first kappa shape index (κ1) is 21.9. The van der Waals surface area contributed by atoms with Crippen molar-refractivity contribution in [3.05, 3.63) is 69.6 Å². The van der Waals surface area contributed by atoms with Crippen LogP contribution in [0.1, 0.15) is 22.5 Å². The van der Waals surface area contributed by atoms with Crippen molar-refractivity contribution in [3.63, 3.8) is 0 Å². The SMILES string of the molecule is N#Cc1ccc2c(c(Br)cn2Cc2noc(-c3cccc(C(F)(F)F)c3)n2)c1C(F)(F)F. The second-order valence-electron chi connectivity index (χ2n) is 6.69. The van der Waals surface area contributed by atoms with Gasteiger partial charge in [-0.1, -0.05) is 11.2 Å². The van der Waals surface area contributed by atoms with Crippen LogP contribution in [0, 0.1) is 11.3 Å². The predicted octanol–water partition coefficient (Wildman–Crippen LogP) is 6.41. The van der Waals surface area contributed by atoms with Crippen LogP contribution in [-0.2, 0) is 18.9 Å². The van der Waals surface area contributed by atoms with Crippen molar-refractivity contribution in [2.45, 2.75) is 18.9 Å². The first-order valence-electron chi connectivity index (χ1n) is 8.78. The maximum atomic E-state index is 13.6. The number of benzene rings is 2. The van der Waals surface area contributed by atoms with Crippen molar-refractivity contribution in [1.82, 2.24) is 14.7 Å². The quantitative estimate of drug-likeness (QED) is 0.296. The number of hydrogen-bond donors (Lipinski definition) is 0. The van der Waals surface area contributed by atoms with Crippen LogP contribution in [-0.4, -0.2) is 14.7 Å². The maximum Gasteiger partial charge on any atom is 0.418 e. The van der Waals surface area contributed by atoms with Crippen molar-refractivity contribution < 1.29 is 30.9 Å². The fourth-order valence-corrected chi connectivity index (χ4v) is 3.93. The molecule has 0 bridgehead atoms. The highest BCUT2D eigenvalue weighted by Crippen LogP contribution is 2.41. The number of halogens is 7. The molecule has 0 saturated carbocycles. The van der Waals surface area contributed by atoms with Crippen molar-refractivity contribution in [2.24, 2.45) is 0 Å². The average molecular weight is 515 g/mol. The molecule has 0 fully saturated rings. The normalized spacial score (nSPS) is 12.3. The lowest BCUT2D eigenvalue weighted by Crippen LogP contribution is -2.09. The zero-order chi connectivity index (χ0) is 23.3. The summed E-state index contributed by atoms with van der Waals surface area (Å²) < 4.78 is 86.1. The van der Waals surface area contributed by atoms with Gasteiger partial charge in [0.15, 0.2) is 5.82 Å². The predicted molar refractivity (Wildman–Crippen MR) is 103 cm³/mol. The van der Waals surface area contributed by atoms with Crippen molar-refractivity contribution >= 4 is 26.8 Å². The highest BCUT2D eigenvalue weighted by Gasteiger charge is 2.37. The lowest BCUT2D eigenvalue weighted by Gasteiger charge is -2.11. The van der Waals surface area contributed by atoms with Crippen LogP contribution in [0.5, 0.6) is 0 Å². The van der Waals surface area contributed by atoms with E-state index in [2.05, 4.69) is 26.1 Å². The molecule has 0 unspecified atom stereocenters. The summed E-state index contributed by atoms with van der Waals surface area (Å²) in [7, 11) is 0. The maximum absolute atomic E-state index is 13.6. The van der Waals surface area contributed by atoms with Crippen LogP contribution in [0.2, 0.25) is 0 Å². The van der Waals surface area contributed by atoms with Crippen LogP contribution < -0.4 is 0 Å². The van der Waals surface area contributed by atoms with E-state index in [0.717, 1.165) is 18.2 Å². The molecule has 0 atom stereocenters. The summed E-state index contributed by atoms with van der Waals surface area (Å²) in [4.78, 5) is 4.06. The molecule has 4 rings (SSSR count). The smallest absolute Gasteiger partial charge is 0.339 e. The van der Waals surface area contributed by atoms with E-state index in [0.29, 0.717) is 0 Å².